The van der Waals surface area contributed by atoms with E-state index in [2.05, 4.69) is 20.6 Å². The van der Waals surface area contributed by atoms with Gasteiger partial charge in [0.05, 0.1) is 11.9 Å². The van der Waals surface area contributed by atoms with Crippen LogP contribution in [0.25, 0.3) is 0 Å². The molecule has 2 aliphatic rings. The van der Waals surface area contributed by atoms with Gasteiger partial charge in [-0.2, -0.15) is 5.10 Å². The Hall–Kier alpha value is -1.56. The normalized spacial score (nSPS) is 26.2. The summed E-state index contributed by atoms with van der Waals surface area (Å²) in [6.07, 6.45) is 8.38. The van der Waals surface area contributed by atoms with Gasteiger partial charge in [-0.3, -0.25) is 9.58 Å². The Balaban J connectivity index is 1.53. The lowest BCUT2D eigenvalue weighted by Gasteiger charge is -2.32. The summed E-state index contributed by atoms with van der Waals surface area (Å²) >= 11 is 0. The summed E-state index contributed by atoms with van der Waals surface area (Å²) in [6, 6.07) is 0.711. The van der Waals surface area contributed by atoms with Gasteiger partial charge in [-0.1, -0.05) is 6.42 Å². The molecule has 2 atom stereocenters. The van der Waals surface area contributed by atoms with E-state index in [-0.39, 0.29) is 12.1 Å². The number of rotatable bonds is 3. The van der Waals surface area contributed by atoms with E-state index in [1.165, 1.54) is 25.8 Å². The van der Waals surface area contributed by atoms with Crippen LogP contribution in [0.1, 0.15) is 32.6 Å². The highest BCUT2D eigenvalue weighted by molar-refractivity contribution is 5.89. The molecule has 1 aromatic heterocycles. The molecule has 2 aliphatic heterocycles. The van der Waals surface area contributed by atoms with E-state index in [0.29, 0.717) is 6.04 Å². The van der Waals surface area contributed by atoms with Crippen LogP contribution in [-0.2, 0) is 6.54 Å². The standard InChI is InChI=1S/C14H23N5O/c1-2-19-10-11(9-15-19)16-14(20)17-12-6-8-18-7-4-3-5-13(12)18/h9-10,12-13H,2-8H2,1H3,(H2,16,17,20). The van der Waals surface area contributed by atoms with Crippen molar-refractivity contribution >= 4 is 11.7 Å². The van der Waals surface area contributed by atoms with Crippen molar-refractivity contribution in [2.45, 2.75) is 51.2 Å². The first-order valence-electron chi connectivity index (χ1n) is 7.60. The van der Waals surface area contributed by atoms with Gasteiger partial charge in [0.1, 0.15) is 0 Å². The number of carbonyl (C=O) groups excluding carboxylic acids is 1. The van der Waals surface area contributed by atoms with E-state index in [0.717, 1.165) is 25.2 Å². The van der Waals surface area contributed by atoms with Crippen LogP contribution in [0.5, 0.6) is 0 Å². The van der Waals surface area contributed by atoms with Crippen molar-refractivity contribution in [1.82, 2.24) is 20.0 Å². The fourth-order valence-corrected chi connectivity index (χ4v) is 3.35. The largest absolute Gasteiger partial charge is 0.334 e. The first-order valence-corrected chi connectivity index (χ1v) is 7.60. The third-order valence-corrected chi connectivity index (χ3v) is 4.39. The van der Waals surface area contributed by atoms with Crippen molar-refractivity contribution in [2.24, 2.45) is 0 Å². The Labute approximate surface area is 119 Å². The second-order valence-electron chi connectivity index (χ2n) is 5.68. The number of urea groups is 1. The fraction of sp³-hybridized carbons (Fsp3) is 0.714. The predicted octanol–water partition coefficient (Wildman–Crippen LogP) is 1.65. The van der Waals surface area contributed by atoms with Crippen LogP contribution in [0.15, 0.2) is 12.4 Å². The summed E-state index contributed by atoms with van der Waals surface area (Å²) in [7, 11) is 0. The number of anilines is 1. The van der Waals surface area contributed by atoms with Gasteiger partial charge < -0.3 is 10.6 Å². The number of hydrogen-bond acceptors (Lipinski definition) is 3. The molecule has 3 rings (SSSR count). The number of carbonyl (C=O) groups is 1. The van der Waals surface area contributed by atoms with E-state index in [9.17, 15) is 4.79 Å². The van der Waals surface area contributed by atoms with Crippen LogP contribution >= 0.6 is 0 Å². The minimum atomic E-state index is -0.113. The van der Waals surface area contributed by atoms with E-state index < -0.39 is 0 Å². The molecule has 2 unspecified atom stereocenters. The topological polar surface area (TPSA) is 62.2 Å². The number of amides is 2. The number of hydrogen-bond donors (Lipinski definition) is 2. The molecule has 110 valence electrons. The average molecular weight is 277 g/mol. The molecule has 2 fully saturated rings. The molecule has 0 saturated carbocycles. The van der Waals surface area contributed by atoms with Crippen LogP contribution in [0.3, 0.4) is 0 Å². The van der Waals surface area contributed by atoms with E-state index in [1.807, 2.05) is 13.1 Å². The second-order valence-corrected chi connectivity index (χ2v) is 5.68. The third-order valence-electron chi connectivity index (χ3n) is 4.39. The summed E-state index contributed by atoms with van der Waals surface area (Å²) < 4.78 is 1.80. The molecule has 6 heteroatoms. The first kappa shape index (κ1) is 13.4. The lowest BCUT2D eigenvalue weighted by molar-refractivity contribution is 0.180. The van der Waals surface area contributed by atoms with Gasteiger partial charge in [-0.15, -0.1) is 0 Å². The molecule has 2 saturated heterocycles. The van der Waals surface area contributed by atoms with Crippen molar-refractivity contribution in [3.8, 4) is 0 Å². The highest BCUT2D eigenvalue weighted by Gasteiger charge is 2.36. The maximum Gasteiger partial charge on any atom is 0.319 e. The van der Waals surface area contributed by atoms with Gasteiger partial charge in [0.25, 0.3) is 0 Å². The highest BCUT2D eigenvalue weighted by atomic mass is 16.2. The molecule has 1 aromatic rings. The van der Waals surface area contributed by atoms with Crippen molar-refractivity contribution in [3.05, 3.63) is 12.4 Å². The smallest absolute Gasteiger partial charge is 0.319 e. The van der Waals surface area contributed by atoms with Crippen molar-refractivity contribution < 1.29 is 4.79 Å². The molecule has 0 spiro atoms. The van der Waals surface area contributed by atoms with Crippen LogP contribution in [-0.4, -0.2) is 45.9 Å². The molecule has 20 heavy (non-hydrogen) atoms. The quantitative estimate of drug-likeness (QED) is 0.883. The molecular formula is C14H23N5O. The van der Waals surface area contributed by atoms with Gasteiger partial charge in [0, 0.05) is 31.4 Å². The van der Waals surface area contributed by atoms with Crippen molar-refractivity contribution in [1.29, 1.82) is 0 Å². The summed E-state index contributed by atoms with van der Waals surface area (Å²) in [4.78, 5) is 14.6. The van der Waals surface area contributed by atoms with E-state index in [1.54, 1.807) is 10.9 Å². The molecule has 0 bridgehead atoms. The zero-order valence-corrected chi connectivity index (χ0v) is 12.0. The van der Waals surface area contributed by atoms with Gasteiger partial charge in [-0.05, 0) is 32.7 Å². The fourth-order valence-electron chi connectivity index (χ4n) is 3.35. The lowest BCUT2D eigenvalue weighted by atomic mass is 9.99. The minimum absolute atomic E-state index is 0.113. The first-order chi connectivity index (χ1) is 9.76. The Bertz CT molecular complexity index is 472. The van der Waals surface area contributed by atoms with Crippen molar-refractivity contribution in [2.75, 3.05) is 18.4 Å². The van der Waals surface area contributed by atoms with Gasteiger partial charge in [0.2, 0.25) is 0 Å². The molecule has 6 nitrogen and oxygen atoms in total. The number of piperidine rings is 1. The molecule has 2 amide bonds. The van der Waals surface area contributed by atoms with Gasteiger partial charge >= 0.3 is 6.03 Å². The number of nitrogens with one attached hydrogen (secondary N) is 2. The predicted molar refractivity (Wildman–Crippen MR) is 77.7 cm³/mol. The Morgan fingerprint density at radius 1 is 1.40 bits per heavy atom. The zero-order valence-electron chi connectivity index (χ0n) is 12.0. The Kier molecular flexibility index (Phi) is 3.91. The van der Waals surface area contributed by atoms with Crippen LogP contribution in [0.4, 0.5) is 10.5 Å². The highest BCUT2D eigenvalue weighted by Crippen LogP contribution is 2.27. The van der Waals surface area contributed by atoms with Gasteiger partial charge in [-0.25, -0.2) is 4.79 Å². The lowest BCUT2D eigenvalue weighted by Crippen LogP contribution is -2.47. The van der Waals surface area contributed by atoms with Crippen LogP contribution in [0.2, 0.25) is 0 Å². The molecule has 0 aliphatic carbocycles. The number of aryl methyl sites for hydroxylation is 1. The molecule has 0 radical (unpaired) electrons. The summed E-state index contributed by atoms with van der Waals surface area (Å²) in [6.45, 7) is 5.13. The van der Waals surface area contributed by atoms with E-state index >= 15 is 0 Å². The minimum Gasteiger partial charge on any atom is -0.334 e. The molecular weight excluding hydrogens is 254 g/mol. The molecule has 0 aromatic carbocycles. The number of fused-ring (bicyclic) bond motifs is 1. The third kappa shape index (κ3) is 2.80. The monoisotopic (exact) mass is 277 g/mol. The molecule has 2 N–H and O–H groups in total. The summed E-state index contributed by atoms with van der Waals surface area (Å²) in [5.41, 5.74) is 0.753. The number of nitrogens with zero attached hydrogens (tertiary/aromatic N) is 3. The molecule has 3 heterocycles. The van der Waals surface area contributed by atoms with Crippen molar-refractivity contribution in [3.63, 3.8) is 0 Å². The summed E-state index contributed by atoms with van der Waals surface area (Å²) in [5, 5.41) is 10.1. The average Bonchev–Trinajstić information content (AvgIpc) is 3.06. The Morgan fingerprint density at radius 3 is 3.10 bits per heavy atom. The summed E-state index contributed by atoms with van der Waals surface area (Å²) in [5.74, 6) is 0. The van der Waals surface area contributed by atoms with Gasteiger partial charge in [0.15, 0.2) is 0 Å². The zero-order chi connectivity index (χ0) is 13.9. The maximum atomic E-state index is 12.1. The van der Waals surface area contributed by atoms with E-state index in [4.69, 9.17) is 0 Å². The van der Waals surface area contributed by atoms with Crippen LogP contribution < -0.4 is 10.6 Å². The number of aromatic nitrogens is 2. The SMILES string of the molecule is CCn1cc(NC(=O)NC2CCN3CCCCC23)cn1. The Morgan fingerprint density at radius 2 is 2.30 bits per heavy atom. The maximum absolute atomic E-state index is 12.1. The second kappa shape index (κ2) is 5.83. The van der Waals surface area contributed by atoms with Crippen LogP contribution in [0, 0.1) is 0 Å².